The SMILES string of the molecule is CCCCC/C(C)=C/C(=N\C)C(C)C. The Hall–Kier alpha value is -0.590. The van der Waals surface area contributed by atoms with E-state index in [1.54, 1.807) is 0 Å². The van der Waals surface area contributed by atoms with E-state index in [-0.39, 0.29) is 0 Å². The second kappa shape index (κ2) is 7.78. The Morgan fingerprint density at radius 3 is 2.36 bits per heavy atom. The Bertz CT molecular complexity index is 199. The molecule has 0 radical (unpaired) electrons. The van der Waals surface area contributed by atoms with Gasteiger partial charge in [-0.05, 0) is 31.8 Å². The van der Waals surface area contributed by atoms with Gasteiger partial charge in [-0.25, -0.2) is 0 Å². The van der Waals surface area contributed by atoms with Crippen molar-refractivity contribution in [2.75, 3.05) is 7.05 Å². The van der Waals surface area contributed by atoms with Crippen LogP contribution in [0.3, 0.4) is 0 Å². The molecule has 0 rings (SSSR count). The molecular weight excluding hydrogens is 170 g/mol. The summed E-state index contributed by atoms with van der Waals surface area (Å²) in [5.41, 5.74) is 2.69. The van der Waals surface area contributed by atoms with Crippen molar-refractivity contribution in [3.05, 3.63) is 11.6 Å². The van der Waals surface area contributed by atoms with Crippen LogP contribution in [0.15, 0.2) is 16.6 Å². The molecule has 0 aliphatic carbocycles. The first-order valence-electron chi connectivity index (χ1n) is 5.75. The van der Waals surface area contributed by atoms with Crippen LogP contribution in [-0.4, -0.2) is 12.8 Å². The maximum absolute atomic E-state index is 4.30. The zero-order valence-electron chi connectivity index (χ0n) is 10.4. The van der Waals surface area contributed by atoms with Gasteiger partial charge in [0, 0.05) is 12.8 Å². The lowest BCUT2D eigenvalue weighted by molar-refractivity contribution is 0.713. The minimum absolute atomic E-state index is 0.543. The molecule has 0 unspecified atom stereocenters. The number of hydrogen-bond acceptors (Lipinski definition) is 1. The average Bonchev–Trinajstić information content (AvgIpc) is 2.14. The van der Waals surface area contributed by atoms with Crippen LogP contribution in [-0.2, 0) is 0 Å². The lowest BCUT2D eigenvalue weighted by Crippen LogP contribution is -2.04. The molecule has 1 nitrogen and oxygen atoms in total. The van der Waals surface area contributed by atoms with Gasteiger partial charge in [0.25, 0.3) is 0 Å². The lowest BCUT2D eigenvalue weighted by Gasteiger charge is -2.06. The fraction of sp³-hybridized carbons (Fsp3) is 0.769. The lowest BCUT2D eigenvalue weighted by atomic mass is 10.0. The molecule has 1 heteroatoms. The smallest absolute Gasteiger partial charge is 0.0369 e. The van der Waals surface area contributed by atoms with E-state index < -0.39 is 0 Å². The van der Waals surface area contributed by atoms with E-state index in [0.29, 0.717) is 5.92 Å². The van der Waals surface area contributed by atoms with Crippen molar-refractivity contribution in [3.8, 4) is 0 Å². The van der Waals surface area contributed by atoms with Crippen LogP contribution < -0.4 is 0 Å². The van der Waals surface area contributed by atoms with Crippen LogP contribution in [0.1, 0.15) is 53.4 Å². The third-order valence-corrected chi connectivity index (χ3v) is 2.42. The van der Waals surface area contributed by atoms with Crippen molar-refractivity contribution >= 4 is 5.71 Å². The minimum atomic E-state index is 0.543. The number of hydrogen-bond donors (Lipinski definition) is 0. The Balaban J connectivity index is 4.07. The van der Waals surface area contributed by atoms with E-state index in [1.807, 2.05) is 7.05 Å². The number of nitrogens with zero attached hydrogens (tertiary/aromatic N) is 1. The molecule has 14 heavy (non-hydrogen) atoms. The quantitative estimate of drug-likeness (QED) is 0.444. The molecule has 0 saturated carbocycles. The van der Waals surface area contributed by atoms with Gasteiger partial charge in [0.05, 0.1) is 0 Å². The second-order valence-electron chi connectivity index (χ2n) is 4.25. The van der Waals surface area contributed by atoms with Crippen molar-refractivity contribution in [2.24, 2.45) is 10.9 Å². The first kappa shape index (κ1) is 13.4. The molecular formula is C13H25N. The molecule has 0 N–H and O–H groups in total. The predicted octanol–water partition coefficient (Wildman–Crippen LogP) is 4.24. The summed E-state index contributed by atoms with van der Waals surface area (Å²) >= 11 is 0. The number of aliphatic imine (C=N–C) groups is 1. The molecule has 0 aliphatic rings. The average molecular weight is 195 g/mol. The summed E-state index contributed by atoms with van der Waals surface area (Å²) in [5.74, 6) is 0.543. The highest BCUT2D eigenvalue weighted by molar-refractivity contribution is 5.96. The zero-order valence-corrected chi connectivity index (χ0v) is 10.4. The van der Waals surface area contributed by atoms with Crippen LogP contribution in [0, 0.1) is 5.92 Å². The van der Waals surface area contributed by atoms with Gasteiger partial charge in [-0.2, -0.15) is 0 Å². The van der Waals surface area contributed by atoms with Crippen molar-refractivity contribution in [1.29, 1.82) is 0 Å². The summed E-state index contributed by atoms with van der Waals surface area (Å²) in [6.45, 7) is 8.84. The molecule has 0 fully saturated rings. The number of rotatable bonds is 6. The van der Waals surface area contributed by atoms with Gasteiger partial charge in [0.2, 0.25) is 0 Å². The largest absolute Gasteiger partial charge is 0.293 e. The first-order valence-corrected chi connectivity index (χ1v) is 5.75. The monoisotopic (exact) mass is 195 g/mol. The van der Waals surface area contributed by atoms with E-state index in [0.717, 1.165) is 0 Å². The Morgan fingerprint density at radius 2 is 1.93 bits per heavy atom. The van der Waals surface area contributed by atoms with Crippen molar-refractivity contribution in [3.63, 3.8) is 0 Å². The fourth-order valence-corrected chi connectivity index (χ4v) is 1.47. The first-order chi connectivity index (χ1) is 6.61. The molecule has 0 amide bonds. The third kappa shape index (κ3) is 5.95. The maximum atomic E-state index is 4.30. The van der Waals surface area contributed by atoms with E-state index in [1.165, 1.54) is 37.0 Å². The highest BCUT2D eigenvalue weighted by Crippen LogP contribution is 2.10. The number of unbranched alkanes of at least 4 members (excludes halogenated alkanes) is 2. The molecule has 0 aromatic rings. The summed E-state index contributed by atoms with van der Waals surface area (Å²) in [7, 11) is 1.88. The summed E-state index contributed by atoms with van der Waals surface area (Å²) in [5, 5.41) is 0. The van der Waals surface area contributed by atoms with E-state index in [9.17, 15) is 0 Å². The Kier molecular flexibility index (Phi) is 7.45. The van der Waals surface area contributed by atoms with Gasteiger partial charge in [-0.3, -0.25) is 4.99 Å². The molecule has 82 valence electrons. The standard InChI is InChI=1S/C13H25N/c1-6-7-8-9-12(4)10-13(14-5)11(2)3/h10-11H,6-9H2,1-5H3/b12-10+,14-13+. The second-order valence-corrected chi connectivity index (χ2v) is 4.25. The van der Waals surface area contributed by atoms with Gasteiger partial charge in [0.15, 0.2) is 0 Å². The summed E-state index contributed by atoms with van der Waals surface area (Å²) < 4.78 is 0. The molecule has 0 saturated heterocycles. The Morgan fingerprint density at radius 1 is 1.29 bits per heavy atom. The van der Waals surface area contributed by atoms with Gasteiger partial charge in [-0.1, -0.05) is 39.2 Å². The molecule has 0 atom stereocenters. The number of allylic oxidation sites excluding steroid dienone is 2. The van der Waals surface area contributed by atoms with Gasteiger partial charge < -0.3 is 0 Å². The van der Waals surface area contributed by atoms with E-state index in [4.69, 9.17) is 0 Å². The van der Waals surface area contributed by atoms with Crippen molar-refractivity contribution < 1.29 is 0 Å². The van der Waals surface area contributed by atoms with Gasteiger partial charge in [0.1, 0.15) is 0 Å². The Labute approximate surface area is 89.3 Å². The van der Waals surface area contributed by atoms with Gasteiger partial charge in [-0.15, -0.1) is 0 Å². The minimum Gasteiger partial charge on any atom is -0.293 e. The molecule has 0 aromatic heterocycles. The van der Waals surface area contributed by atoms with Crippen LogP contribution in [0.5, 0.6) is 0 Å². The highest BCUT2D eigenvalue weighted by atomic mass is 14.7. The van der Waals surface area contributed by atoms with Crippen LogP contribution in [0.25, 0.3) is 0 Å². The zero-order chi connectivity index (χ0) is 11.0. The summed E-state index contributed by atoms with van der Waals surface area (Å²) in [4.78, 5) is 4.30. The summed E-state index contributed by atoms with van der Waals surface area (Å²) in [6.07, 6.45) is 7.42. The topological polar surface area (TPSA) is 12.4 Å². The van der Waals surface area contributed by atoms with Crippen LogP contribution in [0.2, 0.25) is 0 Å². The normalized spacial score (nSPS) is 13.9. The van der Waals surface area contributed by atoms with E-state index >= 15 is 0 Å². The van der Waals surface area contributed by atoms with Crippen molar-refractivity contribution in [1.82, 2.24) is 0 Å². The predicted molar refractivity (Wildman–Crippen MR) is 66.1 cm³/mol. The van der Waals surface area contributed by atoms with Crippen molar-refractivity contribution in [2.45, 2.75) is 53.4 Å². The molecule has 0 aliphatic heterocycles. The van der Waals surface area contributed by atoms with E-state index in [2.05, 4.69) is 38.8 Å². The van der Waals surface area contributed by atoms with Gasteiger partial charge >= 0.3 is 0 Å². The van der Waals surface area contributed by atoms with Crippen LogP contribution in [0.4, 0.5) is 0 Å². The van der Waals surface area contributed by atoms with Crippen LogP contribution >= 0.6 is 0 Å². The third-order valence-electron chi connectivity index (χ3n) is 2.42. The maximum Gasteiger partial charge on any atom is 0.0369 e. The highest BCUT2D eigenvalue weighted by Gasteiger charge is 2.00. The molecule has 0 aromatic carbocycles. The summed E-state index contributed by atoms with van der Waals surface area (Å²) in [6, 6.07) is 0. The molecule has 0 spiro atoms. The molecule has 0 heterocycles. The molecule has 0 bridgehead atoms. The fourth-order valence-electron chi connectivity index (χ4n) is 1.47.